The van der Waals surface area contributed by atoms with Gasteiger partial charge in [0.15, 0.2) is 0 Å². The highest BCUT2D eigenvalue weighted by atomic mass is 79.9. The highest BCUT2D eigenvalue weighted by Gasteiger charge is 2.29. The third kappa shape index (κ3) is 1.99. The fraction of sp³-hybridized carbons (Fsp3) is 0.125. The largest absolute Gasteiger partial charge is 0.381 e. The number of H-pyrrole nitrogens is 1. The van der Waals surface area contributed by atoms with Crippen LogP contribution in [0.15, 0.2) is 59.2 Å². The average Bonchev–Trinajstić information content (AvgIpc) is 2.86. The zero-order valence-corrected chi connectivity index (χ0v) is 12.1. The lowest BCUT2D eigenvalue weighted by molar-refractivity contribution is 0.103. The van der Waals surface area contributed by atoms with Crippen LogP contribution in [0.1, 0.15) is 18.1 Å². The van der Waals surface area contributed by atoms with Gasteiger partial charge >= 0.3 is 0 Å². The Kier molecular flexibility index (Phi) is 2.96. The van der Waals surface area contributed by atoms with E-state index in [-0.39, 0.29) is 0 Å². The number of nitrogens with one attached hydrogen (secondary N) is 1. The van der Waals surface area contributed by atoms with Gasteiger partial charge in [0.05, 0.1) is 0 Å². The number of hydrogen-bond donors (Lipinski definition) is 2. The summed E-state index contributed by atoms with van der Waals surface area (Å²) in [6.07, 6.45) is 1.89. The van der Waals surface area contributed by atoms with E-state index >= 15 is 0 Å². The van der Waals surface area contributed by atoms with Gasteiger partial charge < -0.3 is 10.1 Å². The zero-order chi connectivity index (χ0) is 13.5. The minimum atomic E-state index is -1.04. The summed E-state index contributed by atoms with van der Waals surface area (Å²) in [6, 6.07) is 15.7. The van der Waals surface area contributed by atoms with Gasteiger partial charge in [0, 0.05) is 27.1 Å². The molecule has 3 heteroatoms. The Labute approximate surface area is 120 Å². The molecule has 0 saturated carbocycles. The van der Waals surface area contributed by atoms with Crippen LogP contribution in [0.25, 0.3) is 10.9 Å². The van der Waals surface area contributed by atoms with Crippen LogP contribution in [-0.2, 0) is 5.60 Å². The van der Waals surface area contributed by atoms with Crippen molar-refractivity contribution in [3.8, 4) is 0 Å². The molecule has 0 radical (unpaired) electrons. The van der Waals surface area contributed by atoms with Crippen molar-refractivity contribution in [1.29, 1.82) is 0 Å². The normalized spacial score (nSPS) is 14.5. The van der Waals surface area contributed by atoms with Gasteiger partial charge in [-0.2, -0.15) is 0 Å². The van der Waals surface area contributed by atoms with E-state index in [1.807, 2.05) is 61.7 Å². The molecule has 0 aliphatic carbocycles. The maximum Gasteiger partial charge on any atom is 0.114 e. The molecule has 1 atom stereocenters. The van der Waals surface area contributed by atoms with Crippen molar-refractivity contribution >= 4 is 26.8 Å². The number of rotatable bonds is 2. The molecular weight excluding hydrogens is 302 g/mol. The van der Waals surface area contributed by atoms with Crippen LogP contribution >= 0.6 is 15.9 Å². The third-order valence-corrected chi connectivity index (χ3v) is 4.21. The highest BCUT2D eigenvalue weighted by Crippen LogP contribution is 2.37. The van der Waals surface area contributed by atoms with Gasteiger partial charge in [-0.3, -0.25) is 0 Å². The molecule has 0 aliphatic heterocycles. The van der Waals surface area contributed by atoms with Gasteiger partial charge in [-0.25, -0.2) is 0 Å². The van der Waals surface area contributed by atoms with Gasteiger partial charge in [-0.1, -0.05) is 46.3 Å². The molecule has 96 valence electrons. The Morgan fingerprint density at radius 1 is 1.00 bits per heavy atom. The van der Waals surface area contributed by atoms with E-state index in [0.717, 1.165) is 26.5 Å². The number of aromatic amines is 1. The van der Waals surface area contributed by atoms with Crippen LogP contribution in [-0.4, -0.2) is 10.1 Å². The predicted molar refractivity (Wildman–Crippen MR) is 81.1 cm³/mol. The van der Waals surface area contributed by atoms with Gasteiger partial charge in [-0.05, 0) is 30.7 Å². The molecule has 0 spiro atoms. The summed E-state index contributed by atoms with van der Waals surface area (Å²) in [5.41, 5.74) is 1.76. The topological polar surface area (TPSA) is 36.0 Å². The second-order valence-corrected chi connectivity index (χ2v) is 5.65. The summed E-state index contributed by atoms with van der Waals surface area (Å²) in [5, 5.41) is 12.1. The Balaban J connectivity index is 2.25. The maximum absolute atomic E-state index is 11.0. The van der Waals surface area contributed by atoms with E-state index in [2.05, 4.69) is 20.9 Å². The first kappa shape index (κ1) is 12.5. The van der Waals surface area contributed by atoms with E-state index in [9.17, 15) is 5.11 Å². The molecule has 0 amide bonds. The predicted octanol–water partition coefficient (Wildman–Crippen LogP) is 4.19. The van der Waals surface area contributed by atoms with Gasteiger partial charge in [0.1, 0.15) is 5.60 Å². The van der Waals surface area contributed by atoms with Crippen molar-refractivity contribution in [2.75, 3.05) is 0 Å². The van der Waals surface area contributed by atoms with E-state index in [4.69, 9.17) is 0 Å². The van der Waals surface area contributed by atoms with Crippen molar-refractivity contribution in [1.82, 2.24) is 4.98 Å². The standard InChI is InChI=1S/C16H14BrNO/c1-16(19,13-5-2-3-7-14(13)17)12-6-4-8-15-11(12)9-10-18-15/h2-10,18-19H,1H3. The molecule has 19 heavy (non-hydrogen) atoms. The summed E-state index contributed by atoms with van der Waals surface area (Å²) in [6.45, 7) is 1.83. The number of hydrogen-bond acceptors (Lipinski definition) is 1. The molecule has 2 aromatic carbocycles. The summed E-state index contributed by atoms with van der Waals surface area (Å²) in [5.74, 6) is 0. The van der Waals surface area contributed by atoms with Gasteiger partial charge in [-0.15, -0.1) is 0 Å². The van der Waals surface area contributed by atoms with Crippen molar-refractivity contribution in [3.05, 3.63) is 70.3 Å². The Bertz CT molecular complexity index is 730. The average molecular weight is 316 g/mol. The molecule has 2 nitrogen and oxygen atoms in total. The van der Waals surface area contributed by atoms with Crippen LogP contribution < -0.4 is 0 Å². The third-order valence-electron chi connectivity index (χ3n) is 3.52. The van der Waals surface area contributed by atoms with Crippen LogP contribution in [0.2, 0.25) is 0 Å². The molecule has 0 bridgehead atoms. The highest BCUT2D eigenvalue weighted by molar-refractivity contribution is 9.10. The van der Waals surface area contributed by atoms with Crippen LogP contribution in [0.5, 0.6) is 0 Å². The summed E-state index contributed by atoms with van der Waals surface area (Å²) in [4.78, 5) is 3.18. The monoisotopic (exact) mass is 315 g/mol. The van der Waals surface area contributed by atoms with Crippen LogP contribution in [0, 0.1) is 0 Å². The van der Waals surface area contributed by atoms with Crippen LogP contribution in [0.4, 0.5) is 0 Å². The SMILES string of the molecule is CC(O)(c1ccccc1Br)c1cccc2[nH]ccc12. The second-order valence-electron chi connectivity index (χ2n) is 4.80. The van der Waals surface area contributed by atoms with E-state index in [1.54, 1.807) is 0 Å². The number of aliphatic hydroxyl groups is 1. The second kappa shape index (κ2) is 4.51. The lowest BCUT2D eigenvalue weighted by Crippen LogP contribution is -2.23. The molecule has 3 rings (SSSR count). The van der Waals surface area contributed by atoms with Crippen molar-refractivity contribution in [3.63, 3.8) is 0 Å². The fourth-order valence-corrected chi connectivity index (χ4v) is 3.18. The molecule has 2 N–H and O–H groups in total. The van der Waals surface area contributed by atoms with Gasteiger partial charge in [0.2, 0.25) is 0 Å². The smallest absolute Gasteiger partial charge is 0.114 e. The van der Waals surface area contributed by atoms with Crippen molar-refractivity contribution in [2.24, 2.45) is 0 Å². The first-order chi connectivity index (χ1) is 9.10. The van der Waals surface area contributed by atoms with Crippen molar-refractivity contribution < 1.29 is 5.11 Å². The summed E-state index contributed by atoms with van der Waals surface area (Å²) in [7, 11) is 0. The summed E-state index contributed by atoms with van der Waals surface area (Å²) >= 11 is 3.52. The minimum absolute atomic E-state index is 0.865. The lowest BCUT2D eigenvalue weighted by atomic mass is 9.86. The van der Waals surface area contributed by atoms with Gasteiger partial charge in [0.25, 0.3) is 0 Å². The Hall–Kier alpha value is -1.58. The molecule has 0 aliphatic rings. The molecule has 0 saturated heterocycles. The zero-order valence-electron chi connectivity index (χ0n) is 10.5. The number of fused-ring (bicyclic) bond motifs is 1. The minimum Gasteiger partial charge on any atom is -0.381 e. The van der Waals surface area contributed by atoms with Crippen molar-refractivity contribution in [2.45, 2.75) is 12.5 Å². The maximum atomic E-state index is 11.0. The van der Waals surface area contributed by atoms with E-state index < -0.39 is 5.60 Å². The molecule has 0 fully saturated rings. The van der Waals surface area contributed by atoms with Crippen LogP contribution in [0.3, 0.4) is 0 Å². The summed E-state index contributed by atoms with van der Waals surface area (Å²) < 4.78 is 0.910. The fourth-order valence-electron chi connectivity index (χ4n) is 2.51. The van der Waals surface area contributed by atoms with E-state index in [1.165, 1.54) is 0 Å². The Morgan fingerprint density at radius 2 is 1.74 bits per heavy atom. The first-order valence-electron chi connectivity index (χ1n) is 6.14. The number of benzene rings is 2. The molecule has 1 heterocycles. The molecule has 1 unspecified atom stereocenters. The lowest BCUT2D eigenvalue weighted by Gasteiger charge is -2.26. The quantitative estimate of drug-likeness (QED) is 0.731. The van der Waals surface area contributed by atoms with E-state index in [0.29, 0.717) is 0 Å². The Morgan fingerprint density at radius 3 is 2.53 bits per heavy atom. The molecule has 1 aromatic heterocycles. The number of halogens is 1. The molecule has 3 aromatic rings. The number of aromatic nitrogens is 1. The molecular formula is C16H14BrNO. The first-order valence-corrected chi connectivity index (χ1v) is 6.94.